The van der Waals surface area contributed by atoms with Crippen LogP contribution in [0.1, 0.15) is 5.56 Å². The molecule has 3 N–H and O–H groups in total. The zero-order valence-electron chi connectivity index (χ0n) is 10.1. The third-order valence-corrected chi connectivity index (χ3v) is 5.20. The van der Waals surface area contributed by atoms with E-state index in [4.69, 9.17) is 5.73 Å². The number of nitrogens with zero attached hydrogens (tertiary/aromatic N) is 1. The molecule has 1 aromatic carbocycles. The second kappa shape index (κ2) is 6.40. The van der Waals surface area contributed by atoms with Crippen LogP contribution in [0.4, 0.5) is 10.8 Å². The summed E-state index contributed by atoms with van der Waals surface area (Å²) in [6, 6.07) is 5.71. The molecule has 100 valence electrons. The molecule has 0 saturated carbocycles. The normalized spacial score (nSPS) is 10.4. The van der Waals surface area contributed by atoms with Crippen LogP contribution in [0.5, 0.6) is 0 Å². The Morgan fingerprint density at radius 1 is 1.58 bits per heavy atom. The minimum atomic E-state index is -0.0429. The van der Waals surface area contributed by atoms with Gasteiger partial charge < -0.3 is 11.1 Å². The maximum absolute atomic E-state index is 11.8. The summed E-state index contributed by atoms with van der Waals surface area (Å²) in [6.45, 7) is 1.98. The predicted molar refractivity (Wildman–Crippen MR) is 84.8 cm³/mol. The maximum atomic E-state index is 11.8. The summed E-state index contributed by atoms with van der Waals surface area (Å²) in [4.78, 5) is 15.7. The predicted octanol–water partition coefficient (Wildman–Crippen LogP) is 3.53. The Morgan fingerprint density at radius 3 is 3.00 bits per heavy atom. The maximum Gasteiger partial charge on any atom is 0.234 e. The first-order chi connectivity index (χ1) is 9.04. The molecule has 0 aliphatic carbocycles. The average Bonchev–Trinajstić information content (AvgIpc) is 2.77. The Hall–Kier alpha value is -1.05. The first-order valence-electron chi connectivity index (χ1n) is 5.44. The quantitative estimate of drug-likeness (QED) is 0.821. The summed E-state index contributed by atoms with van der Waals surface area (Å²) in [7, 11) is 0. The van der Waals surface area contributed by atoms with Gasteiger partial charge in [-0.15, -0.1) is 11.8 Å². The Kier molecular flexibility index (Phi) is 4.84. The highest BCUT2D eigenvalue weighted by Gasteiger charge is 2.06. The van der Waals surface area contributed by atoms with Gasteiger partial charge in [-0.05, 0) is 30.7 Å². The van der Waals surface area contributed by atoms with E-state index in [1.807, 2.05) is 25.1 Å². The van der Waals surface area contributed by atoms with Crippen LogP contribution in [0.25, 0.3) is 0 Å². The topological polar surface area (TPSA) is 68.0 Å². The van der Waals surface area contributed by atoms with Crippen LogP contribution in [0.2, 0.25) is 0 Å². The lowest BCUT2D eigenvalue weighted by Crippen LogP contribution is -2.13. The number of nitrogens with one attached hydrogen (secondary N) is 1. The Bertz CT molecular complexity index is 600. The highest BCUT2D eigenvalue weighted by atomic mass is 79.9. The number of hydrogen-bond donors (Lipinski definition) is 2. The van der Waals surface area contributed by atoms with Crippen molar-refractivity contribution in [2.45, 2.75) is 11.1 Å². The molecule has 7 heteroatoms. The Morgan fingerprint density at radius 2 is 2.37 bits per heavy atom. The number of carbonyl (C=O) groups excluding carboxylic acids is 1. The fourth-order valence-electron chi connectivity index (χ4n) is 1.40. The van der Waals surface area contributed by atoms with Gasteiger partial charge in [-0.25, -0.2) is 4.98 Å². The van der Waals surface area contributed by atoms with E-state index >= 15 is 0 Å². The number of amides is 1. The summed E-state index contributed by atoms with van der Waals surface area (Å²) < 4.78 is 1.97. The first kappa shape index (κ1) is 14.4. The molecule has 2 rings (SSSR count). The van der Waals surface area contributed by atoms with Gasteiger partial charge in [0.1, 0.15) is 0 Å². The van der Waals surface area contributed by atoms with Crippen molar-refractivity contribution >= 4 is 55.8 Å². The monoisotopic (exact) mass is 357 g/mol. The number of nitrogens with two attached hydrogens (primary N) is 1. The molecule has 0 aliphatic heterocycles. The largest absolute Gasteiger partial charge is 0.375 e. The lowest BCUT2D eigenvalue weighted by Gasteiger charge is -2.06. The molecule has 0 bridgehead atoms. The summed E-state index contributed by atoms with van der Waals surface area (Å²) >= 11 is 6.24. The smallest absolute Gasteiger partial charge is 0.234 e. The summed E-state index contributed by atoms with van der Waals surface area (Å²) in [6.07, 6.45) is 1.68. The van der Waals surface area contributed by atoms with Crippen molar-refractivity contribution in [3.8, 4) is 0 Å². The number of anilines is 2. The molecule has 0 atom stereocenters. The fourth-order valence-corrected chi connectivity index (χ4v) is 3.20. The molecule has 0 radical (unpaired) electrons. The molecule has 19 heavy (non-hydrogen) atoms. The van der Waals surface area contributed by atoms with E-state index in [0.29, 0.717) is 10.9 Å². The van der Waals surface area contributed by atoms with Gasteiger partial charge in [-0.1, -0.05) is 27.3 Å². The average molecular weight is 358 g/mol. The number of aromatic nitrogens is 1. The fraction of sp³-hybridized carbons (Fsp3) is 0.167. The zero-order chi connectivity index (χ0) is 13.8. The van der Waals surface area contributed by atoms with Crippen LogP contribution < -0.4 is 11.1 Å². The second-order valence-electron chi connectivity index (χ2n) is 3.82. The highest BCUT2D eigenvalue weighted by molar-refractivity contribution is 9.10. The van der Waals surface area contributed by atoms with Crippen LogP contribution in [0, 0.1) is 6.92 Å². The Labute approximate surface area is 127 Å². The van der Waals surface area contributed by atoms with E-state index in [2.05, 4.69) is 26.2 Å². The van der Waals surface area contributed by atoms with Crippen molar-refractivity contribution in [1.82, 2.24) is 4.98 Å². The summed E-state index contributed by atoms with van der Waals surface area (Å²) in [5, 5.41) is 3.38. The third-order valence-electron chi connectivity index (χ3n) is 2.29. The minimum Gasteiger partial charge on any atom is -0.375 e. The number of nitrogen functional groups attached to an aromatic ring is 1. The standard InChI is InChI=1S/C12H12BrN3OS2/c1-7-4-8(2-3-9(7)13)16-10(17)6-18-11-5-15-12(14)19-11/h2-5H,6H2,1H3,(H2,14,15)(H,16,17). The lowest BCUT2D eigenvalue weighted by molar-refractivity contribution is -0.113. The number of thiazole rings is 1. The molecule has 0 aliphatic rings. The van der Waals surface area contributed by atoms with Gasteiger partial charge in [-0.3, -0.25) is 4.79 Å². The zero-order valence-corrected chi connectivity index (χ0v) is 13.4. The van der Waals surface area contributed by atoms with Crippen LogP contribution >= 0.6 is 39.0 Å². The molecular weight excluding hydrogens is 346 g/mol. The molecule has 1 aromatic heterocycles. The van der Waals surface area contributed by atoms with Crippen LogP contribution in [0.15, 0.2) is 33.1 Å². The summed E-state index contributed by atoms with van der Waals surface area (Å²) in [5.41, 5.74) is 7.41. The molecule has 2 aromatic rings. The Balaban J connectivity index is 1.88. The molecular formula is C12H12BrN3OS2. The van der Waals surface area contributed by atoms with E-state index < -0.39 is 0 Å². The first-order valence-corrected chi connectivity index (χ1v) is 8.04. The van der Waals surface area contributed by atoms with Crippen molar-refractivity contribution in [3.63, 3.8) is 0 Å². The van der Waals surface area contributed by atoms with E-state index in [1.54, 1.807) is 6.20 Å². The highest BCUT2D eigenvalue weighted by Crippen LogP contribution is 2.26. The van der Waals surface area contributed by atoms with E-state index in [1.165, 1.54) is 23.1 Å². The van der Waals surface area contributed by atoms with Gasteiger partial charge >= 0.3 is 0 Å². The molecule has 1 amide bonds. The molecule has 1 heterocycles. The molecule has 4 nitrogen and oxygen atoms in total. The number of halogens is 1. The molecule has 0 fully saturated rings. The van der Waals surface area contributed by atoms with Crippen molar-refractivity contribution in [1.29, 1.82) is 0 Å². The molecule has 0 unspecified atom stereocenters. The number of thioether (sulfide) groups is 1. The van der Waals surface area contributed by atoms with Crippen molar-refractivity contribution < 1.29 is 4.79 Å². The van der Waals surface area contributed by atoms with Gasteiger partial charge in [0.25, 0.3) is 0 Å². The molecule has 0 spiro atoms. The minimum absolute atomic E-state index is 0.0429. The SMILES string of the molecule is Cc1cc(NC(=O)CSc2cnc(N)s2)ccc1Br. The van der Waals surface area contributed by atoms with Crippen molar-refractivity contribution in [3.05, 3.63) is 34.4 Å². The van der Waals surface area contributed by atoms with E-state index in [0.717, 1.165) is 19.9 Å². The summed E-state index contributed by atoms with van der Waals surface area (Å²) in [5.74, 6) is 0.301. The van der Waals surface area contributed by atoms with Crippen LogP contribution in [0.3, 0.4) is 0 Å². The number of aryl methyl sites for hydroxylation is 1. The molecule has 0 saturated heterocycles. The number of rotatable bonds is 4. The number of hydrogen-bond acceptors (Lipinski definition) is 5. The van der Waals surface area contributed by atoms with Crippen LogP contribution in [-0.2, 0) is 4.79 Å². The van der Waals surface area contributed by atoms with Crippen LogP contribution in [-0.4, -0.2) is 16.6 Å². The number of carbonyl (C=O) groups is 1. The van der Waals surface area contributed by atoms with Gasteiger partial charge in [0.15, 0.2) is 5.13 Å². The van der Waals surface area contributed by atoms with Crippen molar-refractivity contribution in [2.24, 2.45) is 0 Å². The van der Waals surface area contributed by atoms with Crippen molar-refractivity contribution in [2.75, 3.05) is 16.8 Å². The van der Waals surface area contributed by atoms with E-state index in [9.17, 15) is 4.79 Å². The van der Waals surface area contributed by atoms with Gasteiger partial charge in [-0.2, -0.15) is 0 Å². The van der Waals surface area contributed by atoms with Gasteiger partial charge in [0.2, 0.25) is 5.91 Å². The van der Waals surface area contributed by atoms with Gasteiger partial charge in [0.05, 0.1) is 16.2 Å². The number of benzene rings is 1. The lowest BCUT2D eigenvalue weighted by atomic mass is 10.2. The third kappa shape index (κ3) is 4.22. The second-order valence-corrected chi connectivity index (χ2v) is 7.01. The van der Waals surface area contributed by atoms with E-state index in [-0.39, 0.29) is 5.91 Å². The van der Waals surface area contributed by atoms with Gasteiger partial charge in [0, 0.05) is 10.2 Å².